The van der Waals surface area contributed by atoms with Gasteiger partial charge < -0.3 is 9.64 Å². The third-order valence-corrected chi connectivity index (χ3v) is 3.31. The molecule has 2 heterocycles. The van der Waals surface area contributed by atoms with Crippen molar-refractivity contribution in [3.8, 4) is 5.75 Å². The summed E-state index contributed by atoms with van der Waals surface area (Å²) in [6.07, 6.45) is -3.08. The summed E-state index contributed by atoms with van der Waals surface area (Å²) in [5.74, 6) is -0.605. The van der Waals surface area contributed by atoms with Crippen LogP contribution in [0, 0.1) is 0 Å². The summed E-state index contributed by atoms with van der Waals surface area (Å²) in [6.45, 7) is 0.846. The number of hydrogen-bond donors (Lipinski definition) is 0. The van der Waals surface area contributed by atoms with E-state index in [1.54, 1.807) is 17.2 Å². The lowest BCUT2D eigenvalue weighted by Gasteiger charge is -2.15. The van der Waals surface area contributed by atoms with Crippen molar-refractivity contribution < 1.29 is 22.7 Å². The predicted molar refractivity (Wildman–Crippen MR) is 70.9 cm³/mol. The van der Waals surface area contributed by atoms with E-state index in [2.05, 4.69) is 9.72 Å². The maximum Gasteiger partial charge on any atom is 0.573 e. The van der Waals surface area contributed by atoms with Gasteiger partial charge in [-0.25, -0.2) is 0 Å². The molecule has 114 valence electrons. The van der Waals surface area contributed by atoms with Crippen LogP contribution in [0.1, 0.15) is 21.6 Å². The Balaban J connectivity index is 1.71. The normalized spacial score (nSPS) is 13.9. The number of halogens is 3. The Morgan fingerprint density at radius 1 is 1.14 bits per heavy atom. The molecule has 0 atom stereocenters. The minimum absolute atomic E-state index is 0.253. The van der Waals surface area contributed by atoms with Crippen molar-refractivity contribution in [1.82, 2.24) is 9.88 Å². The lowest BCUT2D eigenvalue weighted by atomic mass is 10.2. The fourth-order valence-electron chi connectivity index (χ4n) is 2.33. The number of carbonyl (C=O) groups is 1. The number of alkyl halides is 3. The predicted octanol–water partition coefficient (Wildman–Crippen LogP) is 3.14. The Morgan fingerprint density at radius 2 is 1.86 bits per heavy atom. The number of carbonyl (C=O) groups excluding carboxylic acids is 1. The average Bonchev–Trinajstić information content (AvgIpc) is 2.89. The van der Waals surface area contributed by atoms with E-state index in [1.807, 2.05) is 6.07 Å². The van der Waals surface area contributed by atoms with Crippen molar-refractivity contribution in [2.45, 2.75) is 19.5 Å². The van der Waals surface area contributed by atoms with Crippen LogP contribution in [0.25, 0.3) is 0 Å². The van der Waals surface area contributed by atoms with Gasteiger partial charge >= 0.3 is 6.36 Å². The number of amides is 1. The highest BCUT2D eigenvalue weighted by atomic mass is 19.4. The van der Waals surface area contributed by atoms with Crippen molar-refractivity contribution in [3.05, 3.63) is 59.4 Å². The van der Waals surface area contributed by atoms with Gasteiger partial charge in [0.05, 0.1) is 12.2 Å². The minimum Gasteiger partial charge on any atom is -0.406 e. The zero-order valence-electron chi connectivity index (χ0n) is 11.3. The van der Waals surface area contributed by atoms with Crippen molar-refractivity contribution in [2.75, 3.05) is 0 Å². The van der Waals surface area contributed by atoms with Crippen LogP contribution in [-0.4, -0.2) is 22.2 Å². The van der Waals surface area contributed by atoms with E-state index in [4.69, 9.17) is 0 Å². The zero-order valence-corrected chi connectivity index (χ0v) is 11.3. The first-order valence-electron chi connectivity index (χ1n) is 6.50. The summed E-state index contributed by atoms with van der Waals surface area (Å²) in [4.78, 5) is 18.1. The molecular weight excluding hydrogens is 297 g/mol. The molecule has 0 aliphatic carbocycles. The quantitative estimate of drug-likeness (QED) is 0.856. The van der Waals surface area contributed by atoms with Crippen LogP contribution in [-0.2, 0) is 13.1 Å². The summed E-state index contributed by atoms with van der Waals surface area (Å²) in [6, 6.07) is 8.59. The number of fused-ring (bicyclic) bond motifs is 1. The Bertz CT molecular complexity index is 674. The second-order valence-corrected chi connectivity index (χ2v) is 4.84. The molecule has 0 spiro atoms. The van der Waals surface area contributed by atoms with Crippen molar-refractivity contribution in [2.24, 2.45) is 0 Å². The largest absolute Gasteiger partial charge is 0.573 e. The molecule has 2 aromatic rings. The van der Waals surface area contributed by atoms with Gasteiger partial charge in [-0.15, -0.1) is 13.2 Å². The second kappa shape index (κ2) is 5.32. The number of ether oxygens (including phenoxy) is 1. The highest BCUT2D eigenvalue weighted by Gasteiger charge is 2.31. The average molecular weight is 308 g/mol. The molecule has 0 bridgehead atoms. The highest BCUT2D eigenvalue weighted by Crippen LogP contribution is 2.25. The molecule has 0 fully saturated rings. The summed E-state index contributed by atoms with van der Waals surface area (Å²) in [5.41, 5.74) is 2.13. The number of hydrogen-bond acceptors (Lipinski definition) is 3. The van der Waals surface area contributed by atoms with E-state index in [-0.39, 0.29) is 11.7 Å². The molecule has 0 unspecified atom stereocenters. The monoisotopic (exact) mass is 308 g/mol. The van der Waals surface area contributed by atoms with Gasteiger partial charge in [0.1, 0.15) is 5.75 Å². The second-order valence-electron chi connectivity index (χ2n) is 4.84. The molecule has 1 amide bonds. The molecule has 1 aromatic carbocycles. The van der Waals surface area contributed by atoms with Crippen LogP contribution >= 0.6 is 0 Å². The van der Waals surface area contributed by atoms with Crippen LogP contribution in [0.15, 0.2) is 42.6 Å². The van der Waals surface area contributed by atoms with Crippen molar-refractivity contribution in [3.63, 3.8) is 0 Å². The fourth-order valence-corrected chi connectivity index (χ4v) is 2.33. The van der Waals surface area contributed by atoms with Crippen LogP contribution in [0.2, 0.25) is 0 Å². The van der Waals surface area contributed by atoms with Crippen LogP contribution in [0.3, 0.4) is 0 Å². The zero-order chi connectivity index (χ0) is 15.7. The van der Waals surface area contributed by atoms with Gasteiger partial charge in [0.15, 0.2) is 0 Å². The van der Waals surface area contributed by atoms with Gasteiger partial charge in [-0.1, -0.05) is 6.07 Å². The van der Waals surface area contributed by atoms with Crippen LogP contribution in [0.5, 0.6) is 5.75 Å². The number of benzene rings is 1. The maximum atomic E-state index is 12.3. The molecule has 1 aromatic heterocycles. The Hall–Kier alpha value is -2.57. The SMILES string of the molecule is O=C(c1ccc(OC(F)(F)F)cc1)N1Cc2cccnc2C1. The number of nitrogens with zero attached hydrogens (tertiary/aromatic N) is 2. The third kappa shape index (κ3) is 3.03. The molecule has 22 heavy (non-hydrogen) atoms. The maximum absolute atomic E-state index is 12.3. The third-order valence-electron chi connectivity index (χ3n) is 3.31. The lowest BCUT2D eigenvalue weighted by Crippen LogP contribution is -2.25. The summed E-state index contributed by atoms with van der Waals surface area (Å²) in [7, 11) is 0. The van der Waals surface area contributed by atoms with Crippen molar-refractivity contribution >= 4 is 5.91 Å². The molecule has 0 radical (unpaired) electrons. The molecule has 1 aliphatic heterocycles. The fraction of sp³-hybridized carbons (Fsp3) is 0.200. The molecule has 7 heteroatoms. The summed E-state index contributed by atoms with van der Waals surface area (Å²) in [5, 5.41) is 0. The standard InChI is InChI=1S/C15H11F3N2O2/c16-15(17,18)22-12-5-3-10(4-6-12)14(21)20-8-11-2-1-7-19-13(11)9-20/h1-7H,8-9H2. The minimum atomic E-state index is -4.74. The van der Waals surface area contributed by atoms with E-state index in [9.17, 15) is 18.0 Å². The van der Waals surface area contributed by atoms with E-state index >= 15 is 0 Å². The highest BCUT2D eigenvalue weighted by molar-refractivity contribution is 5.94. The van der Waals surface area contributed by atoms with E-state index < -0.39 is 6.36 Å². The molecule has 3 rings (SSSR count). The topological polar surface area (TPSA) is 42.4 Å². The first kappa shape index (κ1) is 14.4. The van der Waals surface area contributed by atoms with Gasteiger partial charge in [-0.2, -0.15) is 0 Å². The smallest absolute Gasteiger partial charge is 0.406 e. The Kier molecular flexibility index (Phi) is 3.48. The Morgan fingerprint density at radius 3 is 2.50 bits per heavy atom. The number of rotatable bonds is 2. The molecular formula is C15H11F3N2O2. The molecule has 0 saturated carbocycles. The molecule has 4 nitrogen and oxygen atoms in total. The van der Waals surface area contributed by atoms with E-state index in [0.29, 0.717) is 18.7 Å². The Labute approximate surface area is 124 Å². The molecule has 1 aliphatic rings. The first-order chi connectivity index (χ1) is 10.4. The van der Waals surface area contributed by atoms with Gasteiger partial charge in [0.25, 0.3) is 5.91 Å². The lowest BCUT2D eigenvalue weighted by molar-refractivity contribution is -0.274. The molecule has 0 saturated heterocycles. The van der Waals surface area contributed by atoms with E-state index in [0.717, 1.165) is 23.4 Å². The molecule has 0 N–H and O–H groups in total. The van der Waals surface area contributed by atoms with Crippen LogP contribution in [0.4, 0.5) is 13.2 Å². The van der Waals surface area contributed by atoms with Crippen LogP contribution < -0.4 is 4.74 Å². The van der Waals surface area contributed by atoms with Gasteiger partial charge in [0, 0.05) is 18.3 Å². The van der Waals surface area contributed by atoms with Gasteiger partial charge in [-0.3, -0.25) is 9.78 Å². The summed E-state index contributed by atoms with van der Waals surface area (Å²) >= 11 is 0. The van der Waals surface area contributed by atoms with Gasteiger partial charge in [0.2, 0.25) is 0 Å². The first-order valence-corrected chi connectivity index (χ1v) is 6.50. The number of aromatic nitrogens is 1. The number of pyridine rings is 1. The van der Waals surface area contributed by atoms with Gasteiger partial charge in [-0.05, 0) is 35.9 Å². The van der Waals surface area contributed by atoms with Crippen molar-refractivity contribution in [1.29, 1.82) is 0 Å². The summed E-state index contributed by atoms with van der Waals surface area (Å²) < 4.78 is 40.1. The van der Waals surface area contributed by atoms with E-state index in [1.165, 1.54) is 12.1 Å².